The highest BCUT2D eigenvalue weighted by Gasteiger charge is 2.18. The standard InChI is InChI=1S/C78H149NO5/c1-3-5-7-9-11-13-15-17-19-21-22-35-39-42-46-50-54-58-62-66-70-76(81)75(74-80)79-77(82)71-67-63-59-55-51-47-43-40-36-33-31-29-27-25-23-24-26-28-30-32-34-37-41-45-49-53-57-61-65-69-73-84-78(83)72-68-64-60-56-52-48-44-38-20-18-16-14-12-10-8-6-4-2/h12,14,18,20,66,70,75-76,80-81H,3-11,13,15-17,19,21-65,67-69,71-74H2,1-2H3,(H,79,82)/b14-12-,20-18-,70-66+. The van der Waals surface area contributed by atoms with E-state index in [0.717, 1.165) is 51.4 Å². The monoisotopic (exact) mass is 1180 g/mol. The number of allylic oxidation sites excluding steroid dienone is 5. The molecule has 0 saturated carbocycles. The molecule has 0 aliphatic heterocycles. The molecule has 6 heteroatoms. The fraction of sp³-hybridized carbons (Fsp3) is 0.897. The molecular formula is C78H149NO5. The summed E-state index contributed by atoms with van der Waals surface area (Å²) in [5, 5.41) is 23.3. The molecule has 1 amide bonds. The highest BCUT2D eigenvalue weighted by atomic mass is 16.5. The normalized spacial score (nSPS) is 12.7. The van der Waals surface area contributed by atoms with Gasteiger partial charge in [0.2, 0.25) is 5.91 Å². The van der Waals surface area contributed by atoms with Crippen molar-refractivity contribution >= 4 is 11.9 Å². The van der Waals surface area contributed by atoms with E-state index < -0.39 is 12.1 Å². The average Bonchev–Trinajstić information content (AvgIpc) is 3.51. The van der Waals surface area contributed by atoms with E-state index in [0.29, 0.717) is 19.4 Å². The van der Waals surface area contributed by atoms with Gasteiger partial charge >= 0.3 is 5.97 Å². The third kappa shape index (κ3) is 69.2. The van der Waals surface area contributed by atoms with E-state index in [1.807, 2.05) is 6.08 Å². The summed E-state index contributed by atoms with van der Waals surface area (Å²) in [5.41, 5.74) is 0. The highest BCUT2D eigenvalue weighted by Crippen LogP contribution is 2.19. The van der Waals surface area contributed by atoms with Crippen LogP contribution in [0, 0.1) is 0 Å². The summed E-state index contributed by atoms with van der Waals surface area (Å²) in [6.45, 7) is 4.92. The first-order chi connectivity index (χ1) is 41.5. The quantitative estimate of drug-likeness (QED) is 0.0320. The predicted octanol–water partition coefficient (Wildman–Crippen LogP) is 25.0. The van der Waals surface area contributed by atoms with Crippen molar-refractivity contribution in [2.45, 2.75) is 437 Å². The van der Waals surface area contributed by atoms with Crippen molar-refractivity contribution in [2.75, 3.05) is 13.2 Å². The highest BCUT2D eigenvalue weighted by molar-refractivity contribution is 5.76. The first kappa shape index (κ1) is 82.1. The molecule has 2 atom stereocenters. The molecule has 0 spiro atoms. The van der Waals surface area contributed by atoms with Crippen LogP contribution in [-0.4, -0.2) is 47.4 Å². The Labute approximate surface area is 525 Å². The molecule has 0 aromatic rings. The number of carbonyl (C=O) groups excluding carboxylic acids is 2. The van der Waals surface area contributed by atoms with Gasteiger partial charge in [-0.1, -0.05) is 384 Å². The van der Waals surface area contributed by atoms with Gasteiger partial charge in [-0.3, -0.25) is 9.59 Å². The van der Waals surface area contributed by atoms with Crippen molar-refractivity contribution in [3.63, 3.8) is 0 Å². The summed E-state index contributed by atoms with van der Waals surface area (Å²) in [7, 11) is 0. The lowest BCUT2D eigenvalue weighted by atomic mass is 10.0. The number of rotatable bonds is 72. The zero-order valence-electron chi connectivity index (χ0n) is 56.9. The number of amides is 1. The van der Waals surface area contributed by atoms with Gasteiger partial charge < -0.3 is 20.3 Å². The lowest BCUT2D eigenvalue weighted by molar-refractivity contribution is -0.143. The number of hydrogen-bond acceptors (Lipinski definition) is 5. The lowest BCUT2D eigenvalue weighted by Crippen LogP contribution is -2.45. The molecule has 0 saturated heterocycles. The number of esters is 1. The number of aliphatic hydroxyl groups is 2. The first-order valence-corrected chi connectivity index (χ1v) is 38.3. The molecule has 0 rings (SSSR count). The van der Waals surface area contributed by atoms with Gasteiger partial charge in [-0.15, -0.1) is 0 Å². The molecule has 0 aliphatic rings. The number of unbranched alkanes of at least 4 members (excludes halogenated alkanes) is 57. The van der Waals surface area contributed by atoms with Crippen molar-refractivity contribution in [3.8, 4) is 0 Å². The van der Waals surface area contributed by atoms with Gasteiger partial charge in [-0.05, 0) is 64.2 Å². The van der Waals surface area contributed by atoms with Crippen LogP contribution in [0.5, 0.6) is 0 Å². The van der Waals surface area contributed by atoms with Crippen LogP contribution in [-0.2, 0) is 14.3 Å². The number of ether oxygens (including phenoxy) is 1. The second-order valence-corrected chi connectivity index (χ2v) is 26.3. The van der Waals surface area contributed by atoms with Crippen molar-refractivity contribution in [1.82, 2.24) is 5.32 Å². The summed E-state index contributed by atoms with van der Waals surface area (Å²) >= 11 is 0. The van der Waals surface area contributed by atoms with Gasteiger partial charge in [-0.25, -0.2) is 0 Å². The molecule has 6 nitrogen and oxygen atoms in total. The Hall–Kier alpha value is -1.92. The summed E-state index contributed by atoms with van der Waals surface area (Å²) < 4.78 is 5.50. The van der Waals surface area contributed by atoms with E-state index in [9.17, 15) is 19.8 Å². The summed E-state index contributed by atoms with van der Waals surface area (Å²) in [5.74, 6) is -0.0474. The van der Waals surface area contributed by atoms with Crippen LogP contribution in [0.2, 0.25) is 0 Å². The smallest absolute Gasteiger partial charge is 0.305 e. The zero-order chi connectivity index (χ0) is 60.6. The number of hydrogen-bond donors (Lipinski definition) is 3. The second kappa shape index (κ2) is 73.5. The van der Waals surface area contributed by atoms with E-state index in [1.54, 1.807) is 6.08 Å². The average molecular weight is 1180 g/mol. The van der Waals surface area contributed by atoms with Crippen LogP contribution < -0.4 is 5.32 Å². The zero-order valence-corrected chi connectivity index (χ0v) is 56.9. The Morgan fingerprint density at radius 3 is 0.929 bits per heavy atom. The maximum atomic E-state index is 12.5. The van der Waals surface area contributed by atoms with Crippen LogP contribution in [0.15, 0.2) is 36.5 Å². The number of nitrogens with one attached hydrogen (secondary N) is 1. The topological polar surface area (TPSA) is 95.9 Å². The van der Waals surface area contributed by atoms with Crippen molar-refractivity contribution in [1.29, 1.82) is 0 Å². The SMILES string of the molecule is CCCCC/C=C\C/C=C\CCCCCCCCCC(=O)OCCCCCCCCCCCCCCCCCCCCCCCCCCCCCCCCC(=O)NC(CO)C(O)/C=C/CCCCCCCCCCCCCCCCCCCC. The molecule has 0 aliphatic carbocycles. The molecule has 0 fully saturated rings. The van der Waals surface area contributed by atoms with Crippen LogP contribution in [0.1, 0.15) is 425 Å². The molecule has 0 bridgehead atoms. The maximum absolute atomic E-state index is 12.5. The van der Waals surface area contributed by atoms with Crippen LogP contribution in [0.25, 0.3) is 0 Å². The van der Waals surface area contributed by atoms with E-state index in [2.05, 4.69) is 43.5 Å². The summed E-state index contributed by atoms with van der Waals surface area (Å²) in [6, 6.07) is -0.626. The molecule has 0 heterocycles. The Bertz CT molecular complexity index is 1360. The molecule has 0 aromatic heterocycles. The van der Waals surface area contributed by atoms with Gasteiger partial charge in [0.1, 0.15) is 0 Å². The van der Waals surface area contributed by atoms with Gasteiger partial charge in [0.25, 0.3) is 0 Å². The number of aliphatic hydroxyl groups excluding tert-OH is 2. The van der Waals surface area contributed by atoms with E-state index in [1.165, 1.54) is 347 Å². The minimum absolute atomic E-state index is 0.0127. The first-order valence-electron chi connectivity index (χ1n) is 38.3. The molecule has 2 unspecified atom stereocenters. The van der Waals surface area contributed by atoms with Gasteiger partial charge in [-0.2, -0.15) is 0 Å². The van der Waals surface area contributed by atoms with Crippen molar-refractivity contribution in [2.24, 2.45) is 0 Å². The molecule has 3 N–H and O–H groups in total. The second-order valence-electron chi connectivity index (χ2n) is 26.3. The summed E-state index contributed by atoms with van der Waals surface area (Å²) in [6.07, 6.45) is 95.3. The van der Waals surface area contributed by atoms with Gasteiger partial charge in [0.15, 0.2) is 0 Å². The van der Waals surface area contributed by atoms with Crippen LogP contribution >= 0.6 is 0 Å². The third-order valence-electron chi connectivity index (χ3n) is 17.9. The van der Waals surface area contributed by atoms with Crippen molar-refractivity contribution in [3.05, 3.63) is 36.5 Å². The van der Waals surface area contributed by atoms with E-state index >= 15 is 0 Å². The number of carbonyl (C=O) groups is 2. The minimum Gasteiger partial charge on any atom is -0.466 e. The molecule has 84 heavy (non-hydrogen) atoms. The fourth-order valence-electron chi connectivity index (χ4n) is 12.1. The Morgan fingerprint density at radius 1 is 0.333 bits per heavy atom. The predicted molar refractivity (Wildman–Crippen MR) is 370 cm³/mol. The minimum atomic E-state index is -0.843. The van der Waals surface area contributed by atoms with E-state index in [-0.39, 0.29) is 18.5 Å². The van der Waals surface area contributed by atoms with Gasteiger partial charge in [0, 0.05) is 12.8 Å². The van der Waals surface area contributed by atoms with E-state index in [4.69, 9.17) is 4.74 Å². The Kier molecular flexibility index (Phi) is 71.9. The molecule has 496 valence electrons. The Morgan fingerprint density at radius 2 is 0.595 bits per heavy atom. The summed E-state index contributed by atoms with van der Waals surface area (Å²) in [4.78, 5) is 24.6. The third-order valence-corrected chi connectivity index (χ3v) is 17.9. The maximum Gasteiger partial charge on any atom is 0.305 e. The van der Waals surface area contributed by atoms with Crippen molar-refractivity contribution < 1.29 is 24.5 Å². The molecule has 0 radical (unpaired) electrons. The largest absolute Gasteiger partial charge is 0.466 e. The fourth-order valence-corrected chi connectivity index (χ4v) is 12.1. The van der Waals surface area contributed by atoms with Crippen LogP contribution in [0.3, 0.4) is 0 Å². The Balaban J connectivity index is 3.35. The molecule has 0 aromatic carbocycles. The molecular weight excluding hydrogens is 1030 g/mol. The lowest BCUT2D eigenvalue weighted by Gasteiger charge is -2.20. The van der Waals surface area contributed by atoms with Gasteiger partial charge in [0.05, 0.1) is 25.4 Å². The van der Waals surface area contributed by atoms with Crippen LogP contribution in [0.4, 0.5) is 0 Å².